The molecule has 0 bridgehead atoms. The molecule has 0 aliphatic rings. The van der Waals surface area contributed by atoms with Gasteiger partial charge in [0.1, 0.15) is 5.82 Å². The molecule has 1 aromatic heterocycles. The molecule has 1 N–H and O–H groups in total. The third kappa shape index (κ3) is 3.38. The summed E-state index contributed by atoms with van der Waals surface area (Å²) in [6, 6.07) is 7.29. The summed E-state index contributed by atoms with van der Waals surface area (Å²) in [6.45, 7) is 6.92. The number of aryl methyl sites for hydroxylation is 1. The van der Waals surface area contributed by atoms with Crippen LogP contribution in [0.3, 0.4) is 0 Å². The highest BCUT2D eigenvalue weighted by molar-refractivity contribution is 5.70. The molecule has 0 unspecified atom stereocenters. The number of hydrogen-bond donors (Lipinski definition) is 1. The van der Waals surface area contributed by atoms with E-state index in [1.54, 1.807) is 18.5 Å². The smallest absolute Gasteiger partial charge is 0.123 e. The minimum atomic E-state index is -0.209. The Labute approximate surface area is 113 Å². The van der Waals surface area contributed by atoms with Crippen LogP contribution in [0, 0.1) is 12.7 Å². The SMILES string of the molecule is Cc1cnccc1-c1cc(F)ccc1CNC(C)C. The fourth-order valence-corrected chi connectivity index (χ4v) is 2.04. The van der Waals surface area contributed by atoms with E-state index < -0.39 is 0 Å². The molecule has 2 rings (SSSR count). The predicted molar refractivity (Wildman–Crippen MR) is 76.3 cm³/mol. The van der Waals surface area contributed by atoms with E-state index in [9.17, 15) is 4.39 Å². The summed E-state index contributed by atoms with van der Waals surface area (Å²) in [5.41, 5.74) is 4.13. The van der Waals surface area contributed by atoms with Gasteiger partial charge in [-0.25, -0.2) is 4.39 Å². The van der Waals surface area contributed by atoms with Crippen LogP contribution in [-0.4, -0.2) is 11.0 Å². The van der Waals surface area contributed by atoms with Gasteiger partial charge in [-0.1, -0.05) is 19.9 Å². The normalized spacial score (nSPS) is 11.0. The Kier molecular flexibility index (Phi) is 4.27. The van der Waals surface area contributed by atoms with Crippen LogP contribution in [0.1, 0.15) is 25.0 Å². The van der Waals surface area contributed by atoms with Gasteiger partial charge in [0.2, 0.25) is 0 Å². The Balaban J connectivity index is 2.43. The number of rotatable bonds is 4. The first-order valence-corrected chi connectivity index (χ1v) is 6.50. The van der Waals surface area contributed by atoms with Crippen LogP contribution in [0.4, 0.5) is 4.39 Å². The second-order valence-corrected chi connectivity index (χ2v) is 5.03. The Morgan fingerprint density at radius 1 is 1.21 bits per heavy atom. The van der Waals surface area contributed by atoms with Crippen molar-refractivity contribution >= 4 is 0 Å². The molecule has 1 aromatic carbocycles. The van der Waals surface area contributed by atoms with Gasteiger partial charge in [-0.05, 0) is 47.4 Å². The lowest BCUT2D eigenvalue weighted by atomic mass is 9.97. The van der Waals surface area contributed by atoms with Gasteiger partial charge in [0.25, 0.3) is 0 Å². The molecule has 0 radical (unpaired) electrons. The highest BCUT2D eigenvalue weighted by atomic mass is 19.1. The van der Waals surface area contributed by atoms with Crippen molar-refractivity contribution in [2.75, 3.05) is 0 Å². The standard InChI is InChI=1S/C16H19FN2/c1-11(2)19-10-13-4-5-14(17)8-16(13)15-6-7-18-9-12(15)3/h4-9,11,19H,10H2,1-3H3. The third-order valence-corrected chi connectivity index (χ3v) is 3.08. The van der Waals surface area contributed by atoms with Crippen LogP contribution in [-0.2, 0) is 6.54 Å². The van der Waals surface area contributed by atoms with Gasteiger partial charge in [0.15, 0.2) is 0 Å². The largest absolute Gasteiger partial charge is 0.310 e. The van der Waals surface area contributed by atoms with Crippen molar-refractivity contribution in [3.05, 3.63) is 53.6 Å². The van der Waals surface area contributed by atoms with Crippen LogP contribution in [0.15, 0.2) is 36.7 Å². The minimum Gasteiger partial charge on any atom is -0.310 e. The molecule has 2 aromatic rings. The summed E-state index contributed by atoms with van der Waals surface area (Å²) in [6.07, 6.45) is 3.55. The van der Waals surface area contributed by atoms with Gasteiger partial charge in [0, 0.05) is 25.0 Å². The number of nitrogens with one attached hydrogen (secondary N) is 1. The van der Waals surface area contributed by atoms with Crippen LogP contribution in [0.5, 0.6) is 0 Å². The molecule has 0 saturated carbocycles. The maximum atomic E-state index is 13.5. The summed E-state index contributed by atoms with van der Waals surface area (Å²) >= 11 is 0. The van der Waals surface area contributed by atoms with E-state index in [2.05, 4.69) is 24.1 Å². The molecule has 0 fully saturated rings. The predicted octanol–water partition coefficient (Wildman–Crippen LogP) is 3.69. The maximum Gasteiger partial charge on any atom is 0.123 e. The van der Waals surface area contributed by atoms with Crippen LogP contribution < -0.4 is 5.32 Å². The Morgan fingerprint density at radius 3 is 2.68 bits per heavy atom. The number of halogens is 1. The van der Waals surface area contributed by atoms with Gasteiger partial charge >= 0.3 is 0 Å². The maximum absolute atomic E-state index is 13.5. The molecular formula is C16H19FN2. The zero-order valence-corrected chi connectivity index (χ0v) is 11.6. The van der Waals surface area contributed by atoms with E-state index in [1.165, 1.54) is 6.07 Å². The van der Waals surface area contributed by atoms with Gasteiger partial charge in [-0.15, -0.1) is 0 Å². The topological polar surface area (TPSA) is 24.9 Å². The average Bonchev–Trinajstić information content (AvgIpc) is 2.37. The molecule has 0 spiro atoms. The Hall–Kier alpha value is -1.74. The zero-order chi connectivity index (χ0) is 13.8. The van der Waals surface area contributed by atoms with Crippen molar-refractivity contribution in [1.29, 1.82) is 0 Å². The van der Waals surface area contributed by atoms with Gasteiger partial charge in [-0.3, -0.25) is 4.98 Å². The number of pyridine rings is 1. The van der Waals surface area contributed by atoms with E-state index in [4.69, 9.17) is 0 Å². The minimum absolute atomic E-state index is 0.209. The van der Waals surface area contributed by atoms with E-state index in [-0.39, 0.29) is 5.82 Å². The molecule has 0 atom stereocenters. The molecule has 0 aliphatic carbocycles. The first kappa shape index (κ1) is 13.7. The summed E-state index contributed by atoms with van der Waals surface area (Å²) in [5, 5.41) is 3.37. The summed E-state index contributed by atoms with van der Waals surface area (Å²) in [4.78, 5) is 4.09. The second-order valence-electron chi connectivity index (χ2n) is 5.03. The molecule has 2 nitrogen and oxygen atoms in total. The highest BCUT2D eigenvalue weighted by Gasteiger charge is 2.09. The van der Waals surface area contributed by atoms with E-state index in [0.29, 0.717) is 6.04 Å². The van der Waals surface area contributed by atoms with Crippen molar-refractivity contribution in [2.45, 2.75) is 33.4 Å². The van der Waals surface area contributed by atoms with Gasteiger partial charge in [-0.2, -0.15) is 0 Å². The quantitative estimate of drug-likeness (QED) is 0.904. The van der Waals surface area contributed by atoms with E-state index >= 15 is 0 Å². The van der Waals surface area contributed by atoms with Crippen molar-refractivity contribution in [3.8, 4) is 11.1 Å². The first-order valence-electron chi connectivity index (χ1n) is 6.50. The molecule has 100 valence electrons. The molecule has 0 saturated heterocycles. The highest BCUT2D eigenvalue weighted by Crippen LogP contribution is 2.27. The zero-order valence-electron chi connectivity index (χ0n) is 11.6. The summed E-state index contributed by atoms with van der Waals surface area (Å²) in [5.74, 6) is -0.209. The molecule has 0 amide bonds. The second kappa shape index (κ2) is 5.93. The molecule has 3 heteroatoms. The van der Waals surface area contributed by atoms with Crippen molar-refractivity contribution in [1.82, 2.24) is 10.3 Å². The van der Waals surface area contributed by atoms with E-state index in [1.807, 2.05) is 19.1 Å². The lowest BCUT2D eigenvalue weighted by molar-refractivity contribution is 0.587. The monoisotopic (exact) mass is 258 g/mol. The average molecular weight is 258 g/mol. The lowest BCUT2D eigenvalue weighted by Gasteiger charge is -2.14. The van der Waals surface area contributed by atoms with E-state index in [0.717, 1.165) is 28.8 Å². The molecule has 19 heavy (non-hydrogen) atoms. The van der Waals surface area contributed by atoms with Crippen molar-refractivity contribution in [3.63, 3.8) is 0 Å². The summed E-state index contributed by atoms with van der Waals surface area (Å²) in [7, 11) is 0. The molecule has 0 aliphatic heterocycles. The van der Waals surface area contributed by atoms with Crippen molar-refractivity contribution in [2.24, 2.45) is 0 Å². The Bertz CT molecular complexity index is 564. The summed E-state index contributed by atoms with van der Waals surface area (Å²) < 4.78 is 13.5. The number of aromatic nitrogens is 1. The van der Waals surface area contributed by atoms with Crippen LogP contribution in [0.2, 0.25) is 0 Å². The van der Waals surface area contributed by atoms with Crippen LogP contribution in [0.25, 0.3) is 11.1 Å². The van der Waals surface area contributed by atoms with Crippen molar-refractivity contribution < 1.29 is 4.39 Å². The number of benzene rings is 1. The van der Waals surface area contributed by atoms with Gasteiger partial charge in [0.05, 0.1) is 0 Å². The fourth-order valence-electron chi connectivity index (χ4n) is 2.04. The fraction of sp³-hybridized carbons (Fsp3) is 0.312. The number of hydrogen-bond acceptors (Lipinski definition) is 2. The molecular weight excluding hydrogens is 239 g/mol. The Morgan fingerprint density at radius 2 is 2.00 bits per heavy atom. The third-order valence-electron chi connectivity index (χ3n) is 3.08. The van der Waals surface area contributed by atoms with Gasteiger partial charge < -0.3 is 5.32 Å². The van der Waals surface area contributed by atoms with Crippen LogP contribution >= 0.6 is 0 Å². The molecule has 1 heterocycles. The first-order chi connectivity index (χ1) is 9.08. The number of nitrogens with zero attached hydrogens (tertiary/aromatic N) is 1. The lowest BCUT2D eigenvalue weighted by Crippen LogP contribution is -2.22.